The molecule has 1 fully saturated rings. The quantitative estimate of drug-likeness (QED) is 0.200. The smallest absolute Gasteiger partial charge is 0.203 e. The molecule has 0 aromatic carbocycles. The standard InChI is InChI=1S/C8H18N4O/c9-8(12-10)11-4-6-2-1-3-7(6)5-13/h6-7,13H,1-5,10H2,(H3,9,11,12). The van der Waals surface area contributed by atoms with Crippen molar-refractivity contribution < 1.29 is 5.11 Å². The molecule has 13 heavy (non-hydrogen) atoms. The lowest BCUT2D eigenvalue weighted by molar-refractivity contribution is 0.197. The number of guanidine groups is 1. The molecule has 1 aliphatic carbocycles. The van der Waals surface area contributed by atoms with Crippen LogP contribution in [0.4, 0.5) is 0 Å². The summed E-state index contributed by atoms with van der Waals surface area (Å²) in [4.78, 5) is 4.07. The summed E-state index contributed by atoms with van der Waals surface area (Å²) < 4.78 is 0. The van der Waals surface area contributed by atoms with E-state index in [0.717, 1.165) is 12.8 Å². The highest BCUT2D eigenvalue weighted by atomic mass is 16.3. The molecule has 5 heteroatoms. The molecule has 2 atom stereocenters. The van der Waals surface area contributed by atoms with E-state index in [-0.39, 0.29) is 12.6 Å². The van der Waals surface area contributed by atoms with Crippen molar-refractivity contribution >= 4 is 5.96 Å². The third-order valence-electron chi connectivity index (χ3n) is 2.70. The number of nitrogens with two attached hydrogens (primary N) is 2. The third kappa shape index (κ3) is 2.86. The molecule has 0 aliphatic heterocycles. The molecule has 1 rings (SSSR count). The number of hydrazine groups is 1. The van der Waals surface area contributed by atoms with E-state index in [0.29, 0.717) is 18.4 Å². The molecule has 1 saturated carbocycles. The van der Waals surface area contributed by atoms with Crippen LogP contribution in [0.1, 0.15) is 19.3 Å². The SMILES string of the molecule is NNC(N)=NCC1CCCC1CO. The van der Waals surface area contributed by atoms with Crippen molar-refractivity contribution in [3.8, 4) is 0 Å². The van der Waals surface area contributed by atoms with E-state index in [1.807, 2.05) is 0 Å². The fourth-order valence-electron chi connectivity index (χ4n) is 1.86. The first-order valence-corrected chi connectivity index (χ1v) is 4.65. The fraction of sp³-hybridized carbons (Fsp3) is 0.875. The van der Waals surface area contributed by atoms with Crippen LogP contribution in [0.5, 0.6) is 0 Å². The topological polar surface area (TPSA) is 96.7 Å². The van der Waals surface area contributed by atoms with Crippen molar-refractivity contribution in [2.24, 2.45) is 28.4 Å². The highest BCUT2D eigenvalue weighted by molar-refractivity contribution is 5.77. The van der Waals surface area contributed by atoms with Gasteiger partial charge in [0.05, 0.1) is 0 Å². The second-order valence-electron chi connectivity index (χ2n) is 3.50. The van der Waals surface area contributed by atoms with Gasteiger partial charge in [0.15, 0.2) is 0 Å². The Balaban J connectivity index is 2.35. The molecule has 0 bridgehead atoms. The van der Waals surface area contributed by atoms with Crippen molar-refractivity contribution in [1.82, 2.24) is 5.43 Å². The third-order valence-corrected chi connectivity index (χ3v) is 2.70. The maximum atomic E-state index is 9.04. The summed E-state index contributed by atoms with van der Waals surface area (Å²) in [5.74, 6) is 6.20. The Bertz CT molecular complexity index is 183. The lowest BCUT2D eigenvalue weighted by atomic mass is 9.97. The van der Waals surface area contributed by atoms with Gasteiger partial charge < -0.3 is 10.8 Å². The molecule has 5 nitrogen and oxygen atoms in total. The molecule has 6 N–H and O–H groups in total. The summed E-state index contributed by atoms with van der Waals surface area (Å²) in [6.45, 7) is 0.928. The van der Waals surface area contributed by atoms with Crippen molar-refractivity contribution in [1.29, 1.82) is 0 Å². The van der Waals surface area contributed by atoms with Gasteiger partial charge >= 0.3 is 0 Å². The lowest BCUT2D eigenvalue weighted by Crippen LogP contribution is -2.37. The van der Waals surface area contributed by atoms with E-state index >= 15 is 0 Å². The Labute approximate surface area is 78.2 Å². The Morgan fingerprint density at radius 3 is 2.77 bits per heavy atom. The molecule has 2 unspecified atom stereocenters. The summed E-state index contributed by atoms with van der Waals surface area (Å²) in [5, 5.41) is 9.04. The number of aliphatic imine (C=N–C) groups is 1. The van der Waals surface area contributed by atoms with Gasteiger partial charge in [-0.05, 0) is 24.7 Å². The van der Waals surface area contributed by atoms with E-state index in [4.69, 9.17) is 16.7 Å². The minimum atomic E-state index is 0.260. The molecule has 0 aromatic heterocycles. The number of hydrogen-bond donors (Lipinski definition) is 4. The molecular weight excluding hydrogens is 168 g/mol. The number of rotatable bonds is 3. The Kier molecular flexibility index (Phi) is 3.98. The molecule has 1 aliphatic rings. The summed E-state index contributed by atoms with van der Waals surface area (Å²) in [7, 11) is 0. The second kappa shape index (κ2) is 5.04. The van der Waals surface area contributed by atoms with Gasteiger partial charge in [-0.3, -0.25) is 10.4 Å². The predicted molar refractivity (Wildman–Crippen MR) is 51.7 cm³/mol. The lowest BCUT2D eigenvalue weighted by Gasteiger charge is -2.14. The average molecular weight is 186 g/mol. The fourth-order valence-corrected chi connectivity index (χ4v) is 1.86. The van der Waals surface area contributed by atoms with Crippen LogP contribution in [0.3, 0.4) is 0 Å². The van der Waals surface area contributed by atoms with Crippen molar-refractivity contribution in [3.63, 3.8) is 0 Å². The molecule has 0 radical (unpaired) electrons. The van der Waals surface area contributed by atoms with E-state index in [1.165, 1.54) is 6.42 Å². The van der Waals surface area contributed by atoms with E-state index < -0.39 is 0 Å². The van der Waals surface area contributed by atoms with Gasteiger partial charge in [-0.2, -0.15) is 0 Å². The van der Waals surface area contributed by atoms with Crippen molar-refractivity contribution in [2.75, 3.05) is 13.2 Å². The Hall–Kier alpha value is -0.810. The first-order chi connectivity index (χ1) is 6.27. The van der Waals surface area contributed by atoms with Crippen LogP contribution < -0.4 is 17.0 Å². The van der Waals surface area contributed by atoms with Crippen molar-refractivity contribution in [2.45, 2.75) is 19.3 Å². The molecular formula is C8H18N4O. The summed E-state index contributed by atoms with van der Waals surface area (Å²) >= 11 is 0. The zero-order valence-corrected chi connectivity index (χ0v) is 7.74. The zero-order chi connectivity index (χ0) is 9.68. The van der Waals surface area contributed by atoms with Gasteiger partial charge in [-0.15, -0.1) is 0 Å². The van der Waals surface area contributed by atoms with Crippen LogP contribution >= 0.6 is 0 Å². The average Bonchev–Trinajstić information content (AvgIpc) is 2.61. The molecule has 0 spiro atoms. The number of nitrogens with one attached hydrogen (secondary N) is 1. The van der Waals surface area contributed by atoms with Gasteiger partial charge in [-0.25, -0.2) is 5.84 Å². The van der Waals surface area contributed by atoms with Gasteiger partial charge in [-0.1, -0.05) is 6.42 Å². The number of aliphatic hydroxyl groups is 1. The number of hydrogen-bond acceptors (Lipinski definition) is 3. The normalized spacial score (nSPS) is 29.2. The number of aliphatic hydroxyl groups excluding tert-OH is 1. The van der Waals surface area contributed by atoms with Gasteiger partial charge in [0.25, 0.3) is 0 Å². The van der Waals surface area contributed by atoms with Crippen LogP contribution in [-0.2, 0) is 0 Å². The second-order valence-corrected chi connectivity index (χ2v) is 3.50. The van der Waals surface area contributed by atoms with Gasteiger partial charge in [0.2, 0.25) is 5.96 Å². The maximum absolute atomic E-state index is 9.04. The summed E-state index contributed by atoms with van der Waals surface area (Å²) in [5.41, 5.74) is 7.68. The zero-order valence-electron chi connectivity index (χ0n) is 7.74. The van der Waals surface area contributed by atoms with Crippen LogP contribution in [0, 0.1) is 11.8 Å². The van der Waals surface area contributed by atoms with Gasteiger partial charge in [0.1, 0.15) is 0 Å². The largest absolute Gasteiger partial charge is 0.396 e. The minimum Gasteiger partial charge on any atom is -0.396 e. The highest BCUT2D eigenvalue weighted by Crippen LogP contribution is 2.31. The van der Waals surface area contributed by atoms with E-state index in [9.17, 15) is 0 Å². The summed E-state index contributed by atoms with van der Waals surface area (Å²) in [6, 6.07) is 0. The molecule has 0 saturated heterocycles. The Morgan fingerprint density at radius 2 is 2.15 bits per heavy atom. The van der Waals surface area contributed by atoms with Crippen LogP contribution in [0.15, 0.2) is 4.99 Å². The first-order valence-electron chi connectivity index (χ1n) is 4.65. The molecule has 0 aromatic rings. The summed E-state index contributed by atoms with van der Waals surface area (Å²) in [6.07, 6.45) is 3.42. The van der Waals surface area contributed by atoms with Crippen molar-refractivity contribution in [3.05, 3.63) is 0 Å². The van der Waals surface area contributed by atoms with E-state index in [2.05, 4.69) is 10.4 Å². The number of nitrogens with zero attached hydrogens (tertiary/aromatic N) is 1. The highest BCUT2D eigenvalue weighted by Gasteiger charge is 2.25. The van der Waals surface area contributed by atoms with E-state index in [1.54, 1.807) is 0 Å². The first kappa shape index (κ1) is 10.3. The minimum absolute atomic E-state index is 0.260. The Morgan fingerprint density at radius 1 is 1.46 bits per heavy atom. The van der Waals surface area contributed by atoms with Crippen LogP contribution in [0.2, 0.25) is 0 Å². The predicted octanol–water partition coefficient (Wildman–Crippen LogP) is -0.827. The van der Waals surface area contributed by atoms with Crippen LogP contribution in [-0.4, -0.2) is 24.2 Å². The molecule has 76 valence electrons. The maximum Gasteiger partial charge on any atom is 0.203 e. The molecule has 0 heterocycles. The van der Waals surface area contributed by atoms with Gasteiger partial charge in [0, 0.05) is 13.2 Å². The monoisotopic (exact) mass is 186 g/mol. The van der Waals surface area contributed by atoms with Crippen LogP contribution in [0.25, 0.3) is 0 Å². The molecule has 0 amide bonds.